The molecule has 0 bridgehead atoms. The quantitative estimate of drug-likeness (QED) is 0.625. The van der Waals surface area contributed by atoms with Crippen LogP contribution in [0.4, 0.5) is 5.69 Å². The lowest BCUT2D eigenvalue weighted by atomic mass is 10.1. The number of carbonyl (C=O) groups is 3. The lowest BCUT2D eigenvalue weighted by Crippen LogP contribution is -2.14. The number of anilines is 1. The van der Waals surface area contributed by atoms with Gasteiger partial charge in [-0.2, -0.15) is 0 Å². The van der Waals surface area contributed by atoms with Crippen LogP contribution in [0.2, 0.25) is 0 Å². The molecule has 128 valence electrons. The Balaban J connectivity index is 1.99. The molecule has 2 aromatic carbocycles. The minimum absolute atomic E-state index is 0.300. The summed E-state index contributed by atoms with van der Waals surface area (Å²) in [5.41, 5.74) is 7.33. The number of nitrogens with two attached hydrogens (primary N) is 1. The second-order valence-corrected chi connectivity index (χ2v) is 5.10. The third-order valence-corrected chi connectivity index (χ3v) is 3.30. The molecule has 6 heteroatoms. The summed E-state index contributed by atoms with van der Waals surface area (Å²) in [4.78, 5) is 34.4. The number of hydrogen-bond donors (Lipinski definition) is 2. The summed E-state index contributed by atoms with van der Waals surface area (Å²) in [7, 11) is 0. The fraction of sp³-hybridized carbons (Fsp3) is 0.105. The van der Waals surface area contributed by atoms with E-state index in [1.165, 1.54) is 30.3 Å². The van der Waals surface area contributed by atoms with Crippen molar-refractivity contribution in [1.82, 2.24) is 0 Å². The number of amides is 2. The molecule has 2 amide bonds. The van der Waals surface area contributed by atoms with Crippen LogP contribution in [0.1, 0.15) is 33.2 Å². The first-order chi connectivity index (χ1) is 12.0. The number of esters is 1. The number of nitrogens with one attached hydrogen (secondary N) is 1. The van der Waals surface area contributed by atoms with Crippen LogP contribution in [0.15, 0.2) is 54.6 Å². The monoisotopic (exact) mass is 338 g/mol. The van der Waals surface area contributed by atoms with Gasteiger partial charge in [-0.1, -0.05) is 12.1 Å². The van der Waals surface area contributed by atoms with Crippen LogP contribution in [-0.2, 0) is 9.53 Å². The molecule has 2 rings (SSSR count). The molecule has 0 atom stereocenters. The molecule has 0 aliphatic rings. The van der Waals surface area contributed by atoms with E-state index in [0.29, 0.717) is 23.4 Å². The molecular weight excluding hydrogens is 320 g/mol. The van der Waals surface area contributed by atoms with E-state index in [1.807, 2.05) is 0 Å². The molecule has 0 radical (unpaired) electrons. The summed E-state index contributed by atoms with van der Waals surface area (Å²) in [5.74, 6) is -1.25. The maximum Gasteiger partial charge on any atom is 0.330 e. The SMILES string of the molecule is CCOC(=O)/C=C/c1ccc(NC(=O)c2ccc(C(N)=O)cc2)cc1. The Morgan fingerprint density at radius 3 is 2.16 bits per heavy atom. The molecule has 3 N–H and O–H groups in total. The van der Waals surface area contributed by atoms with E-state index in [4.69, 9.17) is 10.5 Å². The zero-order chi connectivity index (χ0) is 18.2. The Hall–Kier alpha value is -3.41. The summed E-state index contributed by atoms with van der Waals surface area (Å²) in [5, 5.41) is 2.75. The highest BCUT2D eigenvalue weighted by molar-refractivity contribution is 6.05. The third-order valence-electron chi connectivity index (χ3n) is 3.30. The van der Waals surface area contributed by atoms with Crippen molar-refractivity contribution in [1.29, 1.82) is 0 Å². The smallest absolute Gasteiger partial charge is 0.330 e. The summed E-state index contributed by atoms with van der Waals surface area (Å²) in [6, 6.07) is 13.0. The van der Waals surface area contributed by atoms with Gasteiger partial charge in [-0.25, -0.2) is 4.79 Å². The van der Waals surface area contributed by atoms with Crippen LogP contribution >= 0.6 is 0 Å². The number of hydrogen-bond acceptors (Lipinski definition) is 4. The first-order valence-corrected chi connectivity index (χ1v) is 7.65. The fourth-order valence-electron chi connectivity index (χ4n) is 2.02. The summed E-state index contributed by atoms with van der Waals surface area (Å²) in [6.45, 7) is 2.07. The topological polar surface area (TPSA) is 98.5 Å². The van der Waals surface area contributed by atoms with Gasteiger partial charge in [0.05, 0.1) is 6.61 Å². The van der Waals surface area contributed by atoms with Gasteiger partial charge in [-0.05, 0) is 55.0 Å². The van der Waals surface area contributed by atoms with E-state index in [9.17, 15) is 14.4 Å². The molecule has 0 heterocycles. The normalized spacial score (nSPS) is 10.4. The van der Waals surface area contributed by atoms with Gasteiger partial charge < -0.3 is 15.8 Å². The van der Waals surface area contributed by atoms with Crippen LogP contribution in [0.3, 0.4) is 0 Å². The van der Waals surface area contributed by atoms with Crippen LogP contribution in [-0.4, -0.2) is 24.4 Å². The van der Waals surface area contributed by atoms with Gasteiger partial charge >= 0.3 is 5.97 Å². The Kier molecular flexibility index (Phi) is 6.06. The van der Waals surface area contributed by atoms with Crippen LogP contribution < -0.4 is 11.1 Å². The molecule has 0 aliphatic carbocycles. The highest BCUT2D eigenvalue weighted by Crippen LogP contribution is 2.13. The van der Waals surface area contributed by atoms with Gasteiger partial charge in [0.25, 0.3) is 5.91 Å². The number of ether oxygens (including phenoxy) is 1. The number of primary amides is 1. The van der Waals surface area contributed by atoms with E-state index in [2.05, 4.69) is 5.32 Å². The van der Waals surface area contributed by atoms with Crippen molar-refractivity contribution in [3.05, 3.63) is 71.3 Å². The Bertz CT molecular complexity index is 793. The minimum Gasteiger partial charge on any atom is -0.463 e. The maximum atomic E-state index is 12.2. The maximum absolute atomic E-state index is 12.2. The van der Waals surface area contributed by atoms with Gasteiger partial charge in [0.2, 0.25) is 5.91 Å². The summed E-state index contributed by atoms with van der Waals surface area (Å²) >= 11 is 0. The standard InChI is InChI=1S/C19H18N2O4/c1-2-25-17(22)12-5-13-3-10-16(11-4-13)21-19(24)15-8-6-14(7-9-15)18(20)23/h3-12H,2H2,1H3,(H2,20,23)(H,21,24)/b12-5+. The summed E-state index contributed by atoms with van der Waals surface area (Å²) < 4.78 is 4.80. The van der Waals surface area contributed by atoms with Crippen molar-refractivity contribution in [3.8, 4) is 0 Å². The molecule has 0 aromatic heterocycles. The molecular formula is C19H18N2O4. The Morgan fingerprint density at radius 1 is 1.00 bits per heavy atom. The Labute approximate surface area is 145 Å². The van der Waals surface area contributed by atoms with Crippen molar-refractivity contribution in [3.63, 3.8) is 0 Å². The van der Waals surface area contributed by atoms with Crippen molar-refractivity contribution >= 4 is 29.5 Å². The average molecular weight is 338 g/mol. The number of rotatable bonds is 6. The molecule has 0 spiro atoms. The highest BCUT2D eigenvalue weighted by Gasteiger charge is 2.07. The van der Waals surface area contributed by atoms with Crippen molar-refractivity contribution in [2.24, 2.45) is 5.73 Å². The third kappa shape index (κ3) is 5.31. The predicted molar refractivity (Wildman–Crippen MR) is 95.0 cm³/mol. The Morgan fingerprint density at radius 2 is 1.60 bits per heavy atom. The van der Waals surface area contributed by atoms with E-state index >= 15 is 0 Å². The van der Waals surface area contributed by atoms with Gasteiger partial charge in [0, 0.05) is 22.9 Å². The van der Waals surface area contributed by atoms with Gasteiger partial charge in [-0.3, -0.25) is 9.59 Å². The van der Waals surface area contributed by atoms with E-state index < -0.39 is 11.9 Å². The highest BCUT2D eigenvalue weighted by atomic mass is 16.5. The minimum atomic E-state index is -0.543. The molecule has 0 saturated carbocycles. The van der Waals surface area contributed by atoms with Gasteiger partial charge in [0.1, 0.15) is 0 Å². The van der Waals surface area contributed by atoms with Crippen LogP contribution in [0.5, 0.6) is 0 Å². The predicted octanol–water partition coefficient (Wildman–Crippen LogP) is 2.61. The summed E-state index contributed by atoms with van der Waals surface area (Å²) in [6.07, 6.45) is 2.98. The van der Waals surface area contributed by atoms with Crippen LogP contribution in [0, 0.1) is 0 Å². The van der Waals surface area contributed by atoms with E-state index in [1.54, 1.807) is 37.3 Å². The molecule has 6 nitrogen and oxygen atoms in total. The molecule has 0 unspecified atom stereocenters. The molecule has 0 fully saturated rings. The van der Waals surface area contributed by atoms with Crippen molar-refractivity contribution in [2.45, 2.75) is 6.92 Å². The fourth-order valence-corrected chi connectivity index (χ4v) is 2.02. The van der Waals surface area contributed by atoms with Gasteiger partial charge in [-0.15, -0.1) is 0 Å². The van der Waals surface area contributed by atoms with Crippen molar-refractivity contribution in [2.75, 3.05) is 11.9 Å². The van der Waals surface area contributed by atoms with Gasteiger partial charge in [0.15, 0.2) is 0 Å². The second-order valence-electron chi connectivity index (χ2n) is 5.10. The number of carbonyl (C=O) groups excluding carboxylic acids is 3. The largest absolute Gasteiger partial charge is 0.463 e. The second kappa shape index (κ2) is 8.44. The number of benzene rings is 2. The van der Waals surface area contributed by atoms with Crippen LogP contribution in [0.25, 0.3) is 6.08 Å². The zero-order valence-electron chi connectivity index (χ0n) is 13.7. The van der Waals surface area contributed by atoms with E-state index in [-0.39, 0.29) is 5.91 Å². The first kappa shape index (κ1) is 17.9. The first-order valence-electron chi connectivity index (χ1n) is 7.65. The van der Waals surface area contributed by atoms with Crippen molar-refractivity contribution < 1.29 is 19.1 Å². The lowest BCUT2D eigenvalue weighted by molar-refractivity contribution is -0.137. The molecule has 0 saturated heterocycles. The van der Waals surface area contributed by atoms with E-state index in [0.717, 1.165) is 5.56 Å². The molecule has 2 aromatic rings. The molecule has 25 heavy (non-hydrogen) atoms. The average Bonchev–Trinajstić information content (AvgIpc) is 2.61. The lowest BCUT2D eigenvalue weighted by Gasteiger charge is -2.06. The molecule has 0 aliphatic heterocycles. The zero-order valence-corrected chi connectivity index (χ0v) is 13.7.